The number of aliphatic hydroxyl groups excluding tert-OH is 1. The van der Waals surface area contributed by atoms with E-state index in [4.69, 9.17) is 0 Å². The molecule has 0 aromatic heterocycles. The summed E-state index contributed by atoms with van der Waals surface area (Å²) in [6.07, 6.45) is 4.19. The van der Waals surface area contributed by atoms with Gasteiger partial charge in [0, 0.05) is 25.6 Å². The Hall–Kier alpha value is -0.610. The lowest BCUT2D eigenvalue weighted by molar-refractivity contribution is -0.137. The molecule has 98 valence electrons. The summed E-state index contributed by atoms with van der Waals surface area (Å²) >= 11 is 0. The van der Waals surface area contributed by atoms with Gasteiger partial charge in [-0.2, -0.15) is 0 Å². The Bertz CT molecular complexity index is 275. The number of likely N-dealkylation sites (tertiary alicyclic amines) is 1. The van der Waals surface area contributed by atoms with Crippen molar-refractivity contribution in [3.8, 4) is 0 Å². The number of hydrogen-bond acceptors (Lipinski definition) is 3. The number of aliphatic hydroxyl groups is 1. The fourth-order valence-corrected chi connectivity index (χ4v) is 3.02. The van der Waals surface area contributed by atoms with E-state index in [1.54, 1.807) is 0 Å². The van der Waals surface area contributed by atoms with Crippen molar-refractivity contribution < 1.29 is 9.90 Å². The van der Waals surface area contributed by atoms with Crippen molar-refractivity contribution in [2.75, 3.05) is 27.2 Å². The van der Waals surface area contributed by atoms with Crippen LogP contribution in [-0.4, -0.2) is 60.1 Å². The molecule has 0 radical (unpaired) electrons. The van der Waals surface area contributed by atoms with Gasteiger partial charge in [0.15, 0.2) is 0 Å². The first-order chi connectivity index (χ1) is 8.08. The second-order valence-electron chi connectivity index (χ2n) is 5.66. The van der Waals surface area contributed by atoms with Gasteiger partial charge < -0.3 is 14.9 Å². The summed E-state index contributed by atoms with van der Waals surface area (Å²) in [4.78, 5) is 16.6. The monoisotopic (exact) mass is 240 g/mol. The van der Waals surface area contributed by atoms with Gasteiger partial charge in [-0.1, -0.05) is 0 Å². The van der Waals surface area contributed by atoms with Crippen LogP contribution in [0.4, 0.5) is 0 Å². The molecule has 1 atom stereocenters. The fraction of sp³-hybridized carbons (Fsp3) is 0.923. The van der Waals surface area contributed by atoms with E-state index in [0.717, 1.165) is 45.2 Å². The van der Waals surface area contributed by atoms with Crippen LogP contribution in [0.2, 0.25) is 0 Å². The van der Waals surface area contributed by atoms with Crippen LogP contribution >= 0.6 is 0 Å². The number of rotatable bonds is 2. The smallest absolute Gasteiger partial charge is 0.225 e. The van der Waals surface area contributed by atoms with Crippen molar-refractivity contribution in [2.45, 2.75) is 44.2 Å². The van der Waals surface area contributed by atoms with Gasteiger partial charge in [-0.3, -0.25) is 4.79 Å². The Kier molecular flexibility index (Phi) is 4.05. The van der Waals surface area contributed by atoms with E-state index in [-0.39, 0.29) is 17.9 Å². The largest absolute Gasteiger partial charge is 0.393 e. The second kappa shape index (κ2) is 5.36. The van der Waals surface area contributed by atoms with E-state index in [2.05, 4.69) is 11.9 Å². The van der Waals surface area contributed by atoms with Crippen molar-refractivity contribution >= 4 is 5.91 Å². The molecule has 0 bridgehead atoms. The topological polar surface area (TPSA) is 43.8 Å². The Labute approximate surface area is 104 Å². The number of carbonyl (C=O) groups excluding carboxylic acids is 1. The molecule has 4 nitrogen and oxygen atoms in total. The van der Waals surface area contributed by atoms with E-state index >= 15 is 0 Å². The average molecular weight is 240 g/mol. The minimum Gasteiger partial charge on any atom is -0.393 e. The Morgan fingerprint density at radius 3 is 2.41 bits per heavy atom. The maximum atomic E-state index is 12.3. The van der Waals surface area contributed by atoms with Crippen LogP contribution in [0.1, 0.15) is 32.1 Å². The molecule has 2 rings (SSSR count). The molecule has 0 spiro atoms. The summed E-state index contributed by atoms with van der Waals surface area (Å²) < 4.78 is 0. The molecule has 1 unspecified atom stereocenters. The molecule has 1 saturated carbocycles. The fourth-order valence-electron chi connectivity index (χ4n) is 3.02. The van der Waals surface area contributed by atoms with Gasteiger partial charge in [-0.05, 0) is 45.7 Å². The third kappa shape index (κ3) is 2.99. The van der Waals surface area contributed by atoms with Crippen molar-refractivity contribution in [3.63, 3.8) is 0 Å². The first kappa shape index (κ1) is 12.8. The summed E-state index contributed by atoms with van der Waals surface area (Å²) in [7, 11) is 4.05. The molecular weight excluding hydrogens is 216 g/mol. The zero-order chi connectivity index (χ0) is 12.4. The SMILES string of the molecule is CN1CCC(N(C)C(=O)C2CCC(O)CC2)C1. The Morgan fingerprint density at radius 2 is 1.88 bits per heavy atom. The van der Waals surface area contributed by atoms with Gasteiger partial charge >= 0.3 is 0 Å². The zero-order valence-corrected chi connectivity index (χ0v) is 10.9. The van der Waals surface area contributed by atoms with Gasteiger partial charge in [0.25, 0.3) is 0 Å². The highest BCUT2D eigenvalue weighted by atomic mass is 16.3. The summed E-state index contributed by atoms with van der Waals surface area (Å²) in [5.74, 6) is 0.437. The highest BCUT2D eigenvalue weighted by Crippen LogP contribution is 2.27. The van der Waals surface area contributed by atoms with Crippen LogP contribution < -0.4 is 0 Å². The van der Waals surface area contributed by atoms with Crippen LogP contribution in [0, 0.1) is 5.92 Å². The molecule has 1 saturated heterocycles. The van der Waals surface area contributed by atoms with E-state index in [1.807, 2.05) is 11.9 Å². The molecule has 1 amide bonds. The minimum absolute atomic E-state index is 0.148. The molecule has 1 aliphatic carbocycles. The normalized spacial score (nSPS) is 34.9. The molecule has 1 aliphatic heterocycles. The lowest BCUT2D eigenvalue weighted by Crippen LogP contribution is -2.43. The van der Waals surface area contributed by atoms with Crippen molar-refractivity contribution in [3.05, 3.63) is 0 Å². The molecule has 1 N–H and O–H groups in total. The maximum Gasteiger partial charge on any atom is 0.225 e. The average Bonchev–Trinajstić information content (AvgIpc) is 2.75. The maximum absolute atomic E-state index is 12.3. The standard InChI is InChI=1S/C13H24N2O2/c1-14-8-7-11(9-14)15(2)13(17)10-3-5-12(16)6-4-10/h10-12,16H,3-9H2,1-2H3. The number of amides is 1. The molecule has 2 fully saturated rings. The first-order valence-corrected chi connectivity index (χ1v) is 6.71. The molecule has 1 heterocycles. The zero-order valence-electron chi connectivity index (χ0n) is 10.9. The van der Waals surface area contributed by atoms with Gasteiger partial charge in [-0.25, -0.2) is 0 Å². The van der Waals surface area contributed by atoms with Crippen LogP contribution in [0.25, 0.3) is 0 Å². The first-order valence-electron chi connectivity index (χ1n) is 6.71. The van der Waals surface area contributed by atoms with E-state index in [1.165, 1.54) is 0 Å². The summed E-state index contributed by atoms with van der Waals surface area (Å²) in [6.45, 7) is 2.09. The van der Waals surface area contributed by atoms with Gasteiger partial charge in [0.2, 0.25) is 5.91 Å². The third-order valence-electron chi connectivity index (χ3n) is 4.31. The quantitative estimate of drug-likeness (QED) is 0.773. The van der Waals surface area contributed by atoms with Gasteiger partial charge in [-0.15, -0.1) is 0 Å². The second-order valence-corrected chi connectivity index (χ2v) is 5.66. The van der Waals surface area contributed by atoms with Crippen molar-refractivity contribution in [1.29, 1.82) is 0 Å². The Morgan fingerprint density at radius 1 is 1.24 bits per heavy atom. The van der Waals surface area contributed by atoms with Crippen LogP contribution in [-0.2, 0) is 4.79 Å². The highest BCUT2D eigenvalue weighted by molar-refractivity contribution is 5.79. The van der Waals surface area contributed by atoms with E-state index in [9.17, 15) is 9.90 Å². The lowest BCUT2D eigenvalue weighted by atomic mass is 9.86. The molecule has 0 aromatic rings. The Balaban J connectivity index is 1.86. The summed E-state index contributed by atoms with van der Waals surface area (Å²) in [5, 5.41) is 9.46. The van der Waals surface area contributed by atoms with Crippen molar-refractivity contribution in [2.24, 2.45) is 5.92 Å². The van der Waals surface area contributed by atoms with Gasteiger partial charge in [0.1, 0.15) is 0 Å². The number of nitrogens with zero attached hydrogens (tertiary/aromatic N) is 2. The van der Waals surface area contributed by atoms with E-state index in [0.29, 0.717) is 6.04 Å². The molecular formula is C13H24N2O2. The summed E-state index contributed by atoms with van der Waals surface area (Å²) in [5.41, 5.74) is 0. The van der Waals surface area contributed by atoms with E-state index < -0.39 is 0 Å². The number of likely N-dealkylation sites (N-methyl/N-ethyl adjacent to an activating group) is 2. The summed E-state index contributed by atoms with van der Waals surface area (Å²) in [6, 6.07) is 0.388. The van der Waals surface area contributed by atoms with Crippen LogP contribution in [0.3, 0.4) is 0 Å². The predicted molar refractivity (Wildman–Crippen MR) is 66.6 cm³/mol. The van der Waals surface area contributed by atoms with Gasteiger partial charge in [0.05, 0.1) is 6.10 Å². The molecule has 2 aliphatic rings. The lowest BCUT2D eigenvalue weighted by Gasteiger charge is -2.31. The highest BCUT2D eigenvalue weighted by Gasteiger charge is 2.32. The third-order valence-corrected chi connectivity index (χ3v) is 4.31. The van der Waals surface area contributed by atoms with Crippen LogP contribution in [0.15, 0.2) is 0 Å². The number of hydrogen-bond donors (Lipinski definition) is 1. The minimum atomic E-state index is -0.179. The molecule has 17 heavy (non-hydrogen) atoms. The number of carbonyl (C=O) groups is 1. The molecule has 4 heteroatoms. The molecule has 0 aromatic carbocycles. The van der Waals surface area contributed by atoms with Crippen LogP contribution in [0.5, 0.6) is 0 Å². The van der Waals surface area contributed by atoms with Crippen molar-refractivity contribution in [1.82, 2.24) is 9.80 Å². The predicted octanol–water partition coefficient (Wildman–Crippen LogP) is 0.700.